The minimum atomic E-state index is -0.190. The van der Waals surface area contributed by atoms with Crippen molar-refractivity contribution in [2.24, 2.45) is 0 Å². The number of fused-ring (bicyclic) bond motifs is 1. The van der Waals surface area contributed by atoms with Gasteiger partial charge in [-0.2, -0.15) is 0 Å². The second-order valence-electron chi connectivity index (χ2n) is 5.94. The molecule has 2 amide bonds. The Morgan fingerprint density at radius 1 is 1.23 bits per heavy atom. The minimum Gasteiger partial charge on any atom is -0.383 e. The van der Waals surface area contributed by atoms with Crippen molar-refractivity contribution in [2.45, 2.75) is 11.8 Å². The molecule has 5 nitrogen and oxygen atoms in total. The van der Waals surface area contributed by atoms with E-state index in [0.717, 1.165) is 10.5 Å². The van der Waals surface area contributed by atoms with Crippen LogP contribution in [0, 0.1) is 6.92 Å². The van der Waals surface area contributed by atoms with E-state index in [-0.39, 0.29) is 11.8 Å². The third-order valence-corrected chi connectivity index (χ3v) is 5.00. The predicted molar refractivity (Wildman–Crippen MR) is 104 cm³/mol. The lowest BCUT2D eigenvalue weighted by molar-refractivity contribution is -0.112. The quantitative estimate of drug-likeness (QED) is 0.627. The standard InChI is InChI=1S/C20H20N2O3S/c1-13-3-5-14(6-4-13)11-18-20(24)22-16-12-15(7-8-17(16)26-18)19(23)21-9-10-25-2/h3-8,11-12H,9-10H2,1-2H3,(H,21,23)(H,22,24). The molecular formula is C20H20N2O3S. The SMILES string of the molecule is COCCNC(=O)c1ccc2c(c1)NC(=O)C(=Cc1ccc(C)cc1)S2. The van der Waals surface area contributed by atoms with Crippen molar-refractivity contribution >= 4 is 35.3 Å². The maximum atomic E-state index is 12.4. The van der Waals surface area contributed by atoms with E-state index in [4.69, 9.17) is 4.74 Å². The number of thioether (sulfide) groups is 1. The highest BCUT2D eigenvalue weighted by atomic mass is 32.2. The normalized spacial score (nSPS) is 14.7. The number of anilines is 1. The highest BCUT2D eigenvalue weighted by Gasteiger charge is 2.22. The van der Waals surface area contributed by atoms with Gasteiger partial charge in [0, 0.05) is 24.1 Å². The van der Waals surface area contributed by atoms with Gasteiger partial charge in [0.05, 0.1) is 17.2 Å². The first-order valence-corrected chi connectivity index (χ1v) is 9.07. The molecule has 0 aliphatic carbocycles. The van der Waals surface area contributed by atoms with Crippen LogP contribution >= 0.6 is 11.8 Å². The molecule has 0 radical (unpaired) electrons. The number of carbonyl (C=O) groups is 2. The zero-order valence-corrected chi connectivity index (χ0v) is 15.5. The minimum absolute atomic E-state index is 0.167. The topological polar surface area (TPSA) is 67.4 Å². The van der Waals surface area contributed by atoms with E-state index >= 15 is 0 Å². The molecule has 134 valence electrons. The highest BCUT2D eigenvalue weighted by Crippen LogP contribution is 2.39. The zero-order chi connectivity index (χ0) is 18.5. The van der Waals surface area contributed by atoms with Crippen molar-refractivity contribution in [1.82, 2.24) is 5.32 Å². The third-order valence-electron chi connectivity index (χ3n) is 3.90. The molecule has 0 bridgehead atoms. The molecule has 0 aromatic heterocycles. The Labute approximate surface area is 156 Å². The number of aryl methyl sites for hydroxylation is 1. The van der Waals surface area contributed by atoms with Gasteiger partial charge in [-0.3, -0.25) is 9.59 Å². The van der Waals surface area contributed by atoms with Gasteiger partial charge in [-0.1, -0.05) is 41.6 Å². The molecule has 0 unspecified atom stereocenters. The molecule has 0 atom stereocenters. The van der Waals surface area contributed by atoms with Crippen molar-refractivity contribution in [3.63, 3.8) is 0 Å². The van der Waals surface area contributed by atoms with Gasteiger partial charge >= 0.3 is 0 Å². The van der Waals surface area contributed by atoms with E-state index in [2.05, 4.69) is 10.6 Å². The fourth-order valence-electron chi connectivity index (χ4n) is 2.48. The van der Waals surface area contributed by atoms with Crippen molar-refractivity contribution < 1.29 is 14.3 Å². The van der Waals surface area contributed by atoms with Crippen LogP contribution in [0.4, 0.5) is 5.69 Å². The van der Waals surface area contributed by atoms with Crippen LogP contribution in [0.3, 0.4) is 0 Å². The van der Waals surface area contributed by atoms with E-state index in [0.29, 0.717) is 29.3 Å². The maximum Gasteiger partial charge on any atom is 0.262 e. The van der Waals surface area contributed by atoms with Gasteiger partial charge in [0.2, 0.25) is 0 Å². The molecule has 1 aliphatic rings. The van der Waals surface area contributed by atoms with E-state index in [1.165, 1.54) is 17.3 Å². The summed E-state index contributed by atoms with van der Waals surface area (Å²) in [4.78, 5) is 26.1. The molecule has 2 aromatic rings. The third kappa shape index (κ3) is 4.33. The van der Waals surface area contributed by atoms with Crippen LogP contribution in [0.1, 0.15) is 21.5 Å². The highest BCUT2D eigenvalue weighted by molar-refractivity contribution is 8.04. The van der Waals surface area contributed by atoms with Crippen LogP contribution in [0.5, 0.6) is 0 Å². The first kappa shape index (κ1) is 18.2. The lowest BCUT2D eigenvalue weighted by atomic mass is 10.1. The Morgan fingerprint density at radius 2 is 2.00 bits per heavy atom. The van der Waals surface area contributed by atoms with Crippen LogP contribution in [-0.4, -0.2) is 32.1 Å². The number of rotatable bonds is 5. The largest absolute Gasteiger partial charge is 0.383 e. The Hall–Kier alpha value is -2.57. The molecule has 2 aromatic carbocycles. The molecule has 0 spiro atoms. The molecule has 0 saturated carbocycles. The fourth-order valence-corrected chi connectivity index (χ4v) is 3.42. The molecule has 0 fully saturated rings. The van der Waals surface area contributed by atoms with E-state index < -0.39 is 0 Å². The summed E-state index contributed by atoms with van der Waals surface area (Å²) < 4.78 is 4.92. The number of ether oxygens (including phenoxy) is 1. The molecule has 3 rings (SSSR count). The van der Waals surface area contributed by atoms with Gasteiger partial charge in [0.15, 0.2) is 0 Å². The summed E-state index contributed by atoms with van der Waals surface area (Å²) in [6, 6.07) is 13.3. The van der Waals surface area contributed by atoms with Crippen LogP contribution in [0.2, 0.25) is 0 Å². The maximum absolute atomic E-state index is 12.4. The molecule has 2 N–H and O–H groups in total. The number of carbonyl (C=O) groups excluding carboxylic acids is 2. The van der Waals surface area contributed by atoms with E-state index in [9.17, 15) is 9.59 Å². The summed E-state index contributed by atoms with van der Waals surface area (Å²) >= 11 is 1.40. The average molecular weight is 368 g/mol. The first-order chi connectivity index (χ1) is 12.6. The van der Waals surface area contributed by atoms with Crippen LogP contribution in [0.25, 0.3) is 6.08 Å². The number of methoxy groups -OCH3 is 1. The summed E-state index contributed by atoms with van der Waals surface area (Å²) in [6.45, 7) is 2.92. The summed E-state index contributed by atoms with van der Waals surface area (Å²) in [5.41, 5.74) is 3.31. The lowest BCUT2D eigenvalue weighted by Gasteiger charge is -2.19. The smallest absolute Gasteiger partial charge is 0.262 e. The average Bonchev–Trinajstić information content (AvgIpc) is 2.64. The van der Waals surface area contributed by atoms with Crippen LogP contribution in [0.15, 0.2) is 52.3 Å². The molecule has 6 heteroatoms. The Kier molecular flexibility index (Phi) is 5.75. The molecule has 1 aliphatic heterocycles. The van der Waals surface area contributed by atoms with Gasteiger partial charge in [0.1, 0.15) is 0 Å². The fraction of sp³-hybridized carbons (Fsp3) is 0.200. The molecule has 1 heterocycles. The van der Waals surface area contributed by atoms with Gasteiger partial charge < -0.3 is 15.4 Å². The van der Waals surface area contributed by atoms with Gasteiger partial charge in [-0.25, -0.2) is 0 Å². The van der Waals surface area contributed by atoms with Crippen molar-refractivity contribution in [3.8, 4) is 0 Å². The summed E-state index contributed by atoms with van der Waals surface area (Å²) in [5.74, 6) is -0.356. The number of benzene rings is 2. The lowest BCUT2D eigenvalue weighted by Crippen LogP contribution is -2.27. The zero-order valence-electron chi connectivity index (χ0n) is 14.7. The second kappa shape index (κ2) is 8.21. The number of nitrogens with one attached hydrogen (secondary N) is 2. The second-order valence-corrected chi connectivity index (χ2v) is 7.02. The predicted octanol–water partition coefficient (Wildman–Crippen LogP) is 3.46. The monoisotopic (exact) mass is 368 g/mol. The van der Waals surface area contributed by atoms with Crippen molar-refractivity contribution in [3.05, 3.63) is 64.1 Å². The van der Waals surface area contributed by atoms with E-state index in [1.54, 1.807) is 19.2 Å². The van der Waals surface area contributed by atoms with Gasteiger partial charge in [-0.15, -0.1) is 0 Å². The first-order valence-electron chi connectivity index (χ1n) is 8.25. The molecular weight excluding hydrogens is 348 g/mol. The summed E-state index contributed by atoms with van der Waals surface area (Å²) in [6.07, 6.45) is 1.87. The van der Waals surface area contributed by atoms with Crippen molar-refractivity contribution in [1.29, 1.82) is 0 Å². The Morgan fingerprint density at radius 3 is 2.73 bits per heavy atom. The number of amides is 2. The van der Waals surface area contributed by atoms with Crippen LogP contribution < -0.4 is 10.6 Å². The van der Waals surface area contributed by atoms with Crippen LogP contribution in [-0.2, 0) is 9.53 Å². The molecule has 0 saturated heterocycles. The van der Waals surface area contributed by atoms with E-state index in [1.807, 2.05) is 43.3 Å². The van der Waals surface area contributed by atoms with Gasteiger partial charge in [0.25, 0.3) is 11.8 Å². The Balaban J connectivity index is 1.77. The Bertz CT molecular complexity index is 860. The summed E-state index contributed by atoms with van der Waals surface area (Å²) in [7, 11) is 1.58. The van der Waals surface area contributed by atoms with Crippen molar-refractivity contribution in [2.75, 3.05) is 25.6 Å². The number of hydrogen-bond donors (Lipinski definition) is 2. The molecule has 26 heavy (non-hydrogen) atoms. The van der Waals surface area contributed by atoms with Gasteiger partial charge in [-0.05, 0) is 36.8 Å². The summed E-state index contributed by atoms with van der Waals surface area (Å²) in [5, 5.41) is 5.64. The number of hydrogen-bond acceptors (Lipinski definition) is 4.